The van der Waals surface area contributed by atoms with Crippen molar-refractivity contribution in [1.29, 1.82) is 0 Å². The molecule has 200 valence electrons. The lowest BCUT2D eigenvalue weighted by Gasteiger charge is -2.57. The second-order valence-electron chi connectivity index (χ2n) is 11.6. The number of fused-ring (bicyclic) bond motifs is 1. The van der Waals surface area contributed by atoms with Crippen LogP contribution in [0.4, 0.5) is 0 Å². The van der Waals surface area contributed by atoms with Gasteiger partial charge in [-0.1, -0.05) is 46.4 Å². The number of ether oxygens (including phenoxy) is 3. The van der Waals surface area contributed by atoms with Crippen molar-refractivity contribution in [2.75, 3.05) is 13.7 Å². The molecule has 37 heavy (non-hydrogen) atoms. The normalized spacial score (nSPS) is 38.5. The van der Waals surface area contributed by atoms with E-state index >= 15 is 0 Å². The van der Waals surface area contributed by atoms with Gasteiger partial charge in [0, 0.05) is 40.6 Å². The van der Waals surface area contributed by atoms with E-state index in [2.05, 4.69) is 6.58 Å². The van der Waals surface area contributed by atoms with Crippen LogP contribution in [-0.4, -0.2) is 54.7 Å². The topological polar surface area (TPSA) is 116 Å². The number of hydrogen-bond donors (Lipinski definition) is 1. The largest absolute Gasteiger partial charge is 0.469 e. The van der Waals surface area contributed by atoms with Crippen molar-refractivity contribution < 1.29 is 38.5 Å². The molecule has 0 bridgehead atoms. The van der Waals surface area contributed by atoms with Gasteiger partial charge in [-0.15, -0.1) is 0 Å². The Labute approximate surface area is 217 Å². The van der Waals surface area contributed by atoms with Gasteiger partial charge in [0.25, 0.3) is 0 Å². The average molecular weight is 513 g/mol. The fraction of sp³-hybridized carbons (Fsp3) is 0.586. The fourth-order valence-corrected chi connectivity index (χ4v) is 7.36. The lowest BCUT2D eigenvalue weighted by atomic mass is 9.47. The first-order valence-electron chi connectivity index (χ1n) is 12.6. The molecule has 0 spiro atoms. The van der Waals surface area contributed by atoms with E-state index in [4.69, 9.17) is 14.2 Å². The van der Waals surface area contributed by atoms with E-state index in [0.29, 0.717) is 17.6 Å². The van der Waals surface area contributed by atoms with E-state index in [-0.39, 0.29) is 24.7 Å². The number of aliphatic hydroxyl groups is 1. The van der Waals surface area contributed by atoms with Crippen molar-refractivity contribution >= 4 is 23.7 Å². The van der Waals surface area contributed by atoms with Crippen LogP contribution in [0.25, 0.3) is 0 Å². The van der Waals surface area contributed by atoms with E-state index in [1.807, 2.05) is 19.9 Å². The highest BCUT2D eigenvalue weighted by atomic mass is 16.6. The Morgan fingerprint density at radius 2 is 1.86 bits per heavy atom. The quantitative estimate of drug-likeness (QED) is 0.441. The Balaban J connectivity index is 1.86. The van der Waals surface area contributed by atoms with Crippen molar-refractivity contribution in [1.82, 2.24) is 0 Å². The molecule has 4 aliphatic rings. The highest BCUT2D eigenvalue weighted by Gasteiger charge is 2.64. The zero-order valence-corrected chi connectivity index (χ0v) is 22.3. The lowest BCUT2D eigenvalue weighted by Crippen LogP contribution is -2.61. The van der Waals surface area contributed by atoms with Gasteiger partial charge in [-0.2, -0.15) is 0 Å². The molecule has 1 heterocycles. The highest BCUT2D eigenvalue weighted by Crippen LogP contribution is 2.64. The van der Waals surface area contributed by atoms with E-state index in [0.717, 1.165) is 5.57 Å². The van der Waals surface area contributed by atoms with Crippen molar-refractivity contribution in [2.45, 2.75) is 59.7 Å². The van der Waals surface area contributed by atoms with Crippen molar-refractivity contribution in [3.05, 3.63) is 47.6 Å². The number of ketones is 1. The molecule has 0 aromatic carbocycles. The number of carbonyl (C=O) groups is 4. The molecule has 8 nitrogen and oxygen atoms in total. The number of allylic oxidation sites excluding steroid dienone is 3. The summed E-state index contributed by atoms with van der Waals surface area (Å²) in [4.78, 5) is 50.3. The molecule has 7 atom stereocenters. The minimum Gasteiger partial charge on any atom is -0.469 e. The summed E-state index contributed by atoms with van der Waals surface area (Å²) in [5.41, 5.74) is -0.855. The molecule has 4 rings (SSSR count). The van der Waals surface area contributed by atoms with Gasteiger partial charge < -0.3 is 19.3 Å². The van der Waals surface area contributed by atoms with Crippen LogP contribution in [0.5, 0.6) is 0 Å². The third-order valence-corrected chi connectivity index (χ3v) is 9.39. The van der Waals surface area contributed by atoms with E-state index in [1.165, 1.54) is 20.1 Å². The van der Waals surface area contributed by atoms with E-state index < -0.39 is 58.2 Å². The number of esters is 3. The molecule has 0 radical (unpaired) electrons. The Hall–Kier alpha value is -3.00. The zero-order valence-electron chi connectivity index (χ0n) is 22.3. The minimum absolute atomic E-state index is 0.0413. The summed E-state index contributed by atoms with van der Waals surface area (Å²) in [6.07, 6.45) is 5.22. The SMILES string of the molecule is C=C1C2=CC[C@@H](C3=CCOC3=O)[C@]2(C)[C@@H](O)[C@H](OC(C)=O)[C@@H]1[C@@]1(C)C=CC(=O)C(C)(C)[C@@H]1CC(=O)OC. The first kappa shape index (κ1) is 27.0. The van der Waals surface area contributed by atoms with Crippen LogP contribution in [0.2, 0.25) is 0 Å². The summed E-state index contributed by atoms with van der Waals surface area (Å²) in [6, 6.07) is 0. The Morgan fingerprint density at radius 1 is 1.19 bits per heavy atom. The molecule has 0 aromatic rings. The van der Waals surface area contributed by atoms with Crippen molar-refractivity contribution in [2.24, 2.45) is 34.0 Å². The number of cyclic esters (lactones) is 1. The molecule has 1 fully saturated rings. The maximum Gasteiger partial charge on any atom is 0.334 e. The summed E-state index contributed by atoms with van der Waals surface area (Å²) in [5.74, 6) is -3.13. The zero-order chi connectivity index (χ0) is 27.5. The third-order valence-electron chi connectivity index (χ3n) is 9.39. The Bertz CT molecular complexity index is 1160. The molecule has 1 saturated carbocycles. The molecule has 0 unspecified atom stereocenters. The van der Waals surface area contributed by atoms with Gasteiger partial charge in [-0.05, 0) is 35.6 Å². The van der Waals surface area contributed by atoms with Gasteiger partial charge in [0.2, 0.25) is 0 Å². The summed E-state index contributed by atoms with van der Waals surface area (Å²) in [6.45, 7) is 13.3. The first-order chi connectivity index (χ1) is 17.2. The Morgan fingerprint density at radius 3 is 2.43 bits per heavy atom. The number of hydrogen-bond acceptors (Lipinski definition) is 8. The van der Waals surface area contributed by atoms with Crippen LogP contribution in [0.1, 0.15) is 47.5 Å². The molecule has 0 aromatic heterocycles. The molecule has 1 N–H and O–H groups in total. The van der Waals surface area contributed by atoms with Crippen LogP contribution in [0, 0.1) is 34.0 Å². The minimum atomic E-state index is -1.19. The van der Waals surface area contributed by atoms with Gasteiger partial charge >= 0.3 is 17.9 Å². The summed E-state index contributed by atoms with van der Waals surface area (Å²) in [7, 11) is 1.30. The molecule has 3 aliphatic carbocycles. The smallest absolute Gasteiger partial charge is 0.334 e. The Kier molecular flexibility index (Phi) is 6.64. The molecular formula is C29H36O8. The van der Waals surface area contributed by atoms with Crippen LogP contribution in [0.3, 0.4) is 0 Å². The second kappa shape index (κ2) is 9.08. The number of rotatable bonds is 5. The fourth-order valence-electron chi connectivity index (χ4n) is 7.36. The maximum absolute atomic E-state index is 13.0. The van der Waals surface area contributed by atoms with E-state index in [1.54, 1.807) is 26.0 Å². The predicted octanol–water partition coefficient (Wildman–Crippen LogP) is 3.25. The van der Waals surface area contributed by atoms with Crippen LogP contribution < -0.4 is 0 Å². The average Bonchev–Trinajstić information content (AvgIpc) is 3.40. The predicted molar refractivity (Wildman–Crippen MR) is 134 cm³/mol. The molecular weight excluding hydrogens is 476 g/mol. The number of carbonyl (C=O) groups excluding carboxylic acids is 4. The monoisotopic (exact) mass is 512 g/mol. The van der Waals surface area contributed by atoms with Gasteiger partial charge in [0.1, 0.15) is 18.8 Å². The highest BCUT2D eigenvalue weighted by molar-refractivity contribution is 5.96. The van der Waals surface area contributed by atoms with E-state index in [9.17, 15) is 24.3 Å². The van der Waals surface area contributed by atoms with Gasteiger partial charge in [0.15, 0.2) is 5.78 Å². The summed E-state index contributed by atoms with van der Waals surface area (Å²) in [5, 5.41) is 12.0. The van der Waals surface area contributed by atoms with Gasteiger partial charge in [-0.3, -0.25) is 14.4 Å². The number of methoxy groups -OCH3 is 1. The van der Waals surface area contributed by atoms with Crippen molar-refractivity contribution in [3.8, 4) is 0 Å². The summed E-state index contributed by atoms with van der Waals surface area (Å²) < 4.78 is 16.0. The lowest BCUT2D eigenvalue weighted by molar-refractivity contribution is -0.177. The van der Waals surface area contributed by atoms with Gasteiger partial charge in [0.05, 0.1) is 13.5 Å². The molecule has 8 heteroatoms. The van der Waals surface area contributed by atoms with Crippen LogP contribution >= 0.6 is 0 Å². The summed E-state index contributed by atoms with van der Waals surface area (Å²) >= 11 is 0. The number of aliphatic hydroxyl groups excluding tert-OH is 1. The third kappa shape index (κ3) is 3.92. The first-order valence-corrected chi connectivity index (χ1v) is 12.6. The maximum atomic E-state index is 13.0. The standard InChI is InChI=1S/C29H36O8/c1-15-18-8-9-19(17-11-13-36-26(17)34)29(18,6)25(33)24(37-16(2)30)23(15)28(5)12-10-21(31)27(3,4)20(28)14-22(32)35-7/h8,10-12,19-20,23-25,33H,1,9,13-14H2,2-7H3/t19-,20-,23+,24+,25-,28-,29+/m0/s1. The van der Waals surface area contributed by atoms with Crippen LogP contribution in [0.15, 0.2) is 47.6 Å². The molecule has 1 aliphatic heterocycles. The van der Waals surface area contributed by atoms with Crippen molar-refractivity contribution in [3.63, 3.8) is 0 Å². The molecule has 0 saturated heterocycles. The van der Waals surface area contributed by atoms with Gasteiger partial charge in [-0.25, -0.2) is 4.79 Å². The molecule has 0 amide bonds. The second-order valence-corrected chi connectivity index (χ2v) is 11.6. The van der Waals surface area contributed by atoms with Crippen LogP contribution in [-0.2, 0) is 33.4 Å².